The molecule has 2 aromatic carbocycles. The van der Waals surface area contributed by atoms with Gasteiger partial charge in [-0.05, 0) is 41.8 Å². The van der Waals surface area contributed by atoms with Crippen LogP contribution >= 0.6 is 34.4 Å². The third-order valence-corrected chi connectivity index (χ3v) is 7.25. The molecule has 0 fully saturated rings. The van der Waals surface area contributed by atoms with Gasteiger partial charge in [-0.2, -0.15) is 0 Å². The Balaban J connectivity index is 1.34. The lowest BCUT2D eigenvalue weighted by Gasteiger charge is -2.17. The second kappa shape index (κ2) is 9.07. The van der Waals surface area contributed by atoms with Gasteiger partial charge in [-0.1, -0.05) is 59.5 Å². The zero-order valence-corrected chi connectivity index (χ0v) is 19.0. The fourth-order valence-electron chi connectivity index (χ4n) is 3.12. The van der Waals surface area contributed by atoms with E-state index < -0.39 is 0 Å². The van der Waals surface area contributed by atoms with Crippen LogP contribution in [0.4, 0.5) is 10.8 Å². The molecule has 0 saturated heterocycles. The number of nitrogens with one attached hydrogen (secondary N) is 1. The van der Waals surface area contributed by atoms with Crippen LogP contribution in [0.25, 0.3) is 16.3 Å². The number of rotatable bonds is 5. The van der Waals surface area contributed by atoms with Crippen molar-refractivity contribution < 1.29 is 9.59 Å². The second-order valence-corrected chi connectivity index (χ2v) is 9.69. The topological polar surface area (TPSA) is 74.7 Å². The fourth-order valence-corrected chi connectivity index (χ4v) is 5.46. The van der Waals surface area contributed by atoms with Gasteiger partial charge in [0.15, 0.2) is 10.3 Å². The molecular formula is C23H16N4O2S3. The summed E-state index contributed by atoms with van der Waals surface area (Å²) in [5.74, 6) is -0.302. The van der Waals surface area contributed by atoms with Crippen LogP contribution in [0.15, 0.2) is 82.8 Å². The Hall–Kier alpha value is -3.27. The minimum absolute atomic E-state index is 0.109. The largest absolute Gasteiger partial charge is 0.301 e. The van der Waals surface area contributed by atoms with Crippen molar-refractivity contribution in [3.8, 4) is 0 Å². The van der Waals surface area contributed by atoms with E-state index in [2.05, 4.69) is 15.3 Å². The predicted molar refractivity (Wildman–Crippen MR) is 134 cm³/mol. The standard InChI is InChI=1S/C23H16N4O2S3/c28-20(26-22-24-17-10-4-5-11-19(17)32-22)14-31-23-25-18(13-16-9-6-12-30-16)21(29)27(23)15-7-2-1-3-8-15/h1-13H,14H2,(H,24,26,28)/b18-13+. The van der Waals surface area contributed by atoms with Crippen molar-refractivity contribution >= 4 is 78.5 Å². The number of carbonyl (C=O) groups is 2. The summed E-state index contributed by atoms with van der Waals surface area (Å²) in [6.45, 7) is 0. The van der Waals surface area contributed by atoms with Crippen molar-refractivity contribution in [2.45, 2.75) is 0 Å². The normalized spacial score (nSPS) is 14.9. The Kier molecular flexibility index (Phi) is 5.85. The number of hydrogen-bond donors (Lipinski definition) is 1. The number of anilines is 2. The fraction of sp³-hybridized carbons (Fsp3) is 0.0435. The monoisotopic (exact) mass is 476 g/mol. The third-order valence-electron chi connectivity index (χ3n) is 4.54. The minimum atomic E-state index is -0.210. The van der Waals surface area contributed by atoms with E-state index in [-0.39, 0.29) is 17.6 Å². The Labute approximate surface area is 196 Å². The number of amidine groups is 1. The first-order valence-corrected chi connectivity index (χ1v) is 12.4. The molecule has 6 nitrogen and oxygen atoms in total. The molecule has 2 amide bonds. The molecule has 158 valence electrons. The maximum Gasteiger partial charge on any atom is 0.283 e. The number of aromatic nitrogens is 1. The van der Waals surface area contributed by atoms with Gasteiger partial charge in [0.1, 0.15) is 5.70 Å². The molecule has 32 heavy (non-hydrogen) atoms. The number of benzene rings is 2. The van der Waals surface area contributed by atoms with Crippen LogP contribution in [0.5, 0.6) is 0 Å². The van der Waals surface area contributed by atoms with Crippen molar-refractivity contribution in [2.75, 3.05) is 16.0 Å². The SMILES string of the molecule is O=C(CSC1=N/C(=C/c2cccs2)C(=O)N1c1ccccc1)Nc1nc2ccccc2s1. The lowest BCUT2D eigenvalue weighted by Crippen LogP contribution is -2.31. The highest BCUT2D eigenvalue weighted by Crippen LogP contribution is 2.30. The zero-order chi connectivity index (χ0) is 21.9. The maximum atomic E-state index is 13.1. The highest BCUT2D eigenvalue weighted by Gasteiger charge is 2.32. The van der Waals surface area contributed by atoms with E-state index in [1.807, 2.05) is 72.1 Å². The predicted octanol–water partition coefficient (Wildman–Crippen LogP) is 5.47. The van der Waals surface area contributed by atoms with Crippen molar-refractivity contribution in [1.82, 2.24) is 4.98 Å². The third kappa shape index (κ3) is 4.36. The van der Waals surface area contributed by atoms with Crippen LogP contribution in [0.2, 0.25) is 0 Å². The van der Waals surface area contributed by atoms with Gasteiger partial charge in [0.2, 0.25) is 5.91 Å². The highest BCUT2D eigenvalue weighted by molar-refractivity contribution is 8.14. The zero-order valence-electron chi connectivity index (χ0n) is 16.6. The molecule has 0 aliphatic carbocycles. The molecule has 0 atom stereocenters. The average Bonchev–Trinajstić information content (AvgIpc) is 3.52. The van der Waals surface area contributed by atoms with Gasteiger partial charge < -0.3 is 5.32 Å². The molecular weight excluding hydrogens is 460 g/mol. The molecule has 5 rings (SSSR count). The van der Waals surface area contributed by atoms with Gasteiger partial charge >= 0.3 is 0 Å². The first-order valence-electron chi connectivity index (χ1n) is 9.69. The van der Waals surface area contributed by atoms with Crippen LogP contribution < -0.4 is 10.2 Å². The average molecular weight is 477 g/mol. The van der Waals surface area contributed by atoms with Gasteiger partial charge in [-0.25, -0.2) is 9.98 Å². The Morgan fingerprint density at radius 2 is 1.88 bits per heavy atom. The van der Waals surface area contributed by atoms with Crippen molar-refractivity contribution in [2.24, 2.45) is 4.99 Å². The number of hydrogen-bond acceptors (Lipinski definition) is 7. The number of thiophene rings is 1. The van der Waals surface area contributed by atoms with Gasteiger partial charge in [0.05, 0.1) is 21.7 Å². The van der Waals surface area contributed by atoms with Crippen molar-refractivity contribution in [1.29, 1.82) is 0 Å². The molecule has 0 radical (unpaired) electrons. The molecule has 4 aromatic rings. The molecule has 0 saturated carbocycles. The van der Waals surface area contributed by atoms with Crippen molar-refractivity contribution in [3.05, 3.63) is 82.7 Å². The number of aliphatic imine (C=N–C) groups is 1. The molecule has 9 heteroatoms. The molecule has 1 aliphatic rings. The van der Waals surface area contributed by atoms with E-state index in [1.54, 1.807) is 11.0 Å². The Bertz CT molecular complexity index is 1310. The summed E-state index contributed by atoms with van der Waals surface area (Å²) in [5.41, 5.74) is 1.92. The molecule has 1 N–H and O–H groups in total. The quantitative estimate of drug-likeness (QED) is 0.388. The summed E-state index contributed by atoms with van der Waals surface area (Å²) < 4.78 is 1.01. The van der Waals surface area contributed by atoms with E-state index in [9.17, 15) is 9.59 Å². The lowest BCUT2D eigenvalue weighted by molar-refractivity contribution is -0.114. The molecule has 1 aliphatic heterocycles. The highest BCUT2D eigenvalue weighted by atomic mass is 32.2. The van der Waals surface area contributed by atoms with Crippen LogP contribution in [-0.4, -0.2) is 27.7 Å². The summed E-state index contributed by atoms with van der Waals surface area (Å²) in [4.78, 5) is 37.2. The summed E-state index contributed by atoms with van der Waals surface area (Å²) in [5, 5.41) is 5.83. The van der Waals surface area contributed by atoms with Crippen LogP contribution in [-0.2, 0) is 9.59 Å². The van der Waals surface area contributed by atoms with E-state index in [4.69, 9.17) is 0 Å². The van der Waals surface area contributed by atoms with Crippen LogP contribution in [0, 0.1) is 0 Å². The molecule has 2 aromatic heterocycles. The van der Waals surface area contributed by atoms with Crippen LogP contribution in [0.1, 0.15) is 4.88 Å². The number of carbonyl (C=O) groups excluding carboxylic acids is 2. The lowest BCUT2D eigenvalue weighted by atomic mass is 10.3. The van der Waals surface area contributed by atoms with E-state index in [0.29, 0.717) is 21.7 Å². The van der Waals surface area contributed by atoms with Crippen LogP contribution in [0.3, 0.4) is 0 Å². The summed E-state index contributed by atoms with van der Waals surface area (Å²) in [6.07, 6.45) is 1.78. The first-order chi connectivity index (χ1) is 15.7. The van der Waals surface area contributed by atoms with Gasteiger partial charge in [-0.3, -0.25) is 14.5 Å². The Morgan fingerprint density at radius 1 is 1.06 bits per heavy atom. The van der Waals surface area contributed by atoms with E-state index in [0.717, 1.165) is 15.1 Å². The second-order valence-electron chi connectivity index (χ2n) is 6.74. The van der Waals surface area contributed by atoms with Crippen molar-refractivity contribution in [3.63, 3.8) is 0 Å². The summed E-state index contributed by atoms with van der Waals surface area (Å²) >= 11 is 4.19. The van der Waals surface area contributed by atoms with E-state index in [1.165, 1.54) is 34.4 Å². The number of nitrogens with zero attached hydrogens (tertiary/aromatic N) is 3. The Morgan fingerprint density at radius 3 is 2.66 bits per heavy atom. The maximum absolute atomic E-state index is 13.1. The van der Waals surface area contributed by atoms with E-state index >= 15 is 0 Å². The molecule has 3 heterocycles. The van der Waals surface area contributed by atoms with Gasteiger partial charge in [0, 0.05) is 4.88 Å². The summed E-state index contributed by atoms with van der Waals surface area (Å²) in [6, 6.07) is 20.9. The number of para-hydroxylation sites is 2. The molecule has 0 spiro atoms. The van der Waals surface area contributed by atoms with Gasteiger partial charge in [-0.15, -0.1) is 11.3 Å². The number of amides is 2. The minimum Gasteiger partial charge on any atom is -0.301 e. The number of thiazole rings is 1. The molecule has 0 bridgehead atoms. The number of thioether (sulfide) groups is 1. The summed E-state index contributed by atoms with van der Waals surface area (Å²) in [7, 11) is 0. The smallest absolute Gasteiger partial charge is 0.283 e. The first kappa shape index (κ1) is 20.6. The number of fused-ring (bicyclic) bond motifs is 1. The van der Waals surface area contributed by atoms with Gasteiger partial charge in [0.25, 0.3) is 5.91 Å². The molecule has 0 unspecified atom stereocenters.